The summed E-state index contributed by atoms with van der Waals surface area (Å²) < 4.78 is 5.55. The highest BCUT2D eigenvalue weighted by Crippen LogP contribution is 2.16. The van der Waals surface area contributed by atoms with Gasteiger partial charge in [0.25, 0.3) is 0 Å². The van der Waals surface area contributed by atoms with Crippen LogP contribution in [-0.2, 0) is 9.53 Å². The molecule has 88 valence electrons. The Morgan fingerprint density at radius 1 is 1.47 bits per heavy atom. The minimum Gasteiger partial charge on any atom is -0.376 e. The largest absolute Gasteiger partial charge is 0.376 e. The highest BCUT2D eigenvalue weighted by Gasteiger charge is 2.25. The van der Waals surface area contributed by atoms with E-state index in [9.17, 15) is 4.79 Å². The van der Waals surface area contributed by atoms with Crippen LogP contribution in [0.25, 0.3) is 0 Å². The highest BCUT2D eigenvalue weighted by atomic mass is 16.5. The van der Waals surface area contributed by atoms with Crippen LogP contribution in [-0.4, -0.2) is 24.7 Å². The quantitative estimate of drug-likeness (QED) is 0.759. The summed E-state index contributed by atoms with van der Waals surface area (Å²) in [5.41, 5.74) is 0. The zero-order valence-corrected chi connectivity index (χ0v) is 10.1. The summed E-state index contributed by atoms with van der Waals surface area (Å²) in [5, 5.41) is 3.06. The van der Waals surface area contributed by atoms with Crippen LogP contribution in [0.15, 0.2) is 0 Å². The molecule has 0 aliphatic carbocycles. The van der Waals surface area contributed by atoms with Gasteiger partial charge in [-0.1, -0.05) is 13.8 Å². The third-order valence-corrected chi connectivity index (χ3v) is 3.25. The van der Waals surface area contributed by atoms with Gasteiger partial charge in [-0.2, -0.15) is 0 Å². The van der Waals surface area contributed by atoms with Crippen molar-refractivity contribution in [1.82, 2.24) is 5.32 Å². The molecule has 2 atom stereocenters. The third-order valence-electron chi connectivity index (χ3n) is 3.25. The number of nitrogens with one attached hydrogen (secondary N) is 1. The lowest BCUT2D eigenvalue weighted by Crippen LogP contribution is -2.43. The lowest BCUT2D eigenvalue weighted by atomic mass is 10.0. The maximum atomic E-state index is 11.8. The number of rotatable bonds is 5. The van der Waals surface area contributed by atoms with E-state index in [1.54, 1.807) is 0 Å². The van der Waals surface area contributed by atoms with Gasteiger partial charge in [0.2, 0.25) is 5.91 Å². The fraction of sp³-hybridized carbons (Fsp3) is 0.917. The SMILES string of the molecule is CCC(CC)C(=O)N[C@H](C)[C@@H]1CCCO1. The Labute approximate surface area is 92.6 Å². The fourth-order valence-electron chi connectivity index (χ4n) is 2.09. The Morgan fingerprint density at radius 3 is 2.60 bits per heavy atom. The number of hydrogen-bond acceptors (Lipinski definition) is 2. The molecule has 1 rings (SSSR count). The normalized spacial score (nSPS) is 23.1. The van der Waals surface area contributed by atoms with Crippen molar-refractivity contribution < 1.29 is 9.53 Å². The lowest BCUT2D eigenvalue weighted by Gasteiger charge is -2.22. The molecule has 1 amide bonds. The summed E-state index contributed by atoms with van der Waals surface area (Å²) in [6.07, 6.45) is 4.25. The Kier molecular flexibility index (Phi) is 5.09. The van der Waals surface area contributed by atoms with Crippen molar-refractivity contribution in [2.75, 3.05) is 6.61 Å². The molecule has 0 spiro atoms. The second-order valence-electron chi connectivity index (χ2n) is 4.36. The van der Waals surface area contributed by atoms with Crippen LogP contribution in [0, 0.1) is 5.92 Å². The molecule has 1 aliphatic rings. The molecule has 0 bridgehead atoms. The maximum absolute atomic E-state index is 11.8. The molecule has 0 saturated carbocycles. The molecule has 15 heavy (non-hydrogen) atoms. The Hall–Kier alpha value is -0.570. The zero-order chi connectivity index (χ0) is 11.3. The van der Waals surface area contributed by atoms with Crippen molar-refractivity contribution in [3.63, 3.8) is 0 Å². The van der Waals surface area contributed by atoms with Gasteiger partial charge in [0.05, 0.1) is 12.1 Å². The molecular weight excluding hydrogens is 190 g/mol. The first-order chi connectivity index (χ1) is 7.19. The summed E-state index contributed by atoms with van der Waals surface area (Å²) in [6, 6.07) is 0.153. The van der Waals surface area contributed by atoms with E-state index in [0.29, 0.717) is 0 Å². The average molecular weight is 213 g/mol. The van der Waals surface area contributed by atoms with Crippen LogP contribution in [0.2, 0.25) is 0 Å². The molecule has 1 aliphatic heterocycles. The Morgan fingerprint density at radius 2 is 2.13 bits per heavy atom. The van der Waals surface area contributed by atoms with E-state index in [0.717, 1.165) is 32.3 Å². The van der Waals surface area contributed by atoms with Gasteiger partial charge in [-0.25, -0.2) is 0 Å². The molecule has 1 N–H and O–H groups in total. The van der Waals surface area contributed by atoms with E-state index >= 15 is 0 Å². The molecule has 0 aromatic carbocycles. The van der Waals surface area contributed by atoms with E-state index in [4.69, 9.17) is 4.74 Å². The fourth-order valence-corrected chi connectivity index (χ4v) is 2.09. The molecule has 0 aromatic heterocycles. The van der Waals surface area contributed by atoms with Gasteiger partial charge >= 0.3 is 0 Å². The zero-order valence-electron chi connectivity index (χ0n) is 10.1. The average Bonchev–Trinajstić information content (AvgIpc) is 2.72. The minimum absolute atomic E-state index is 0.153. The first-order valence-corrected chi connectivity index (χ1v) is 6.11. The summed E-state index contributed by atoms with van der Waals surface area (Å²) in [6.45, 7) is 7.00. The Bertz CT molecular complexity index is 196. The van der Waals surface area contributed by atoms with Crippen LogP contribution in [0.5, 0.6) is 0 Å². The van der Waals surface area contributed by atoms with Crippen LogP contribution < -0.4 is 5.32 Å². The third kappa shape index (κ3) is 3.49. The molecule has 0 aromatic rings. The smallest absolute Gasteiger partial charge is 0.223 e. The van der Waals surface area contributed by atoms with Crippen molar-refractivity contribution >= 4 is 5.91 Å². The molecule has 1 fully saturated rings. The molecule has 0 unspecified atom stereocenters. The first-order valence-electron chi connectivity index (χ1n) is 6.11. The summed E-state index contributed by atoms with van der Waals surface area (Å²) in [4.78, 5) is 11.8. The Balaban J connectivity index is 2.35. The van der Waals surface area contributed by atoms with E-state index < -0.39 is 0 Å². The number of carbonyl (C=O) groups is 1. The standard InChI is InChI=1S/C12H23NO2/c1-4-10(5-2)12(14)13-9(3)11-7-6-8-15-11/h9-11H,4-8H2,1-3H3,(H,13,14)/t9-,11+/m1/s1. The summed E-state index contributed by atoms with van der Waals surface area (Å²) in [7, 11) is 0. The van der Waals surface area contributed by atoms with Crippen LogP contribution >= 0.6 is 0 Å². The molecular formula is C12H23NO2. The predicted molar refractivity (Wildman–Crippen MR) is 60.7 cm³/mol. The van der Waals surface area contributed by atoms with Gasteiger partial charge < -0.3 is 10.1 Å². The van der Waals surface area contributed by atoms with E-state index in [-0.39, 0.29) is 24.0 Å². The van der Waals surface area contributed by atoms with Crippen molar-refractivity contribution in [2.45, 2.75) is 58.6 Å². The van der Waals surface area contributed by atoms with Crippen molar-refractivity contribution in [2.24, 2.45) is 5.92 Å². The molecule has 0 radical (unpaired) electrons. The van der Waals surface area contributed by atoms with Gasteiger partial charge in [-0.3, -0.25) is 4.79 Å². The number of amides is 1. The second kappa shape index (κ2) is 6.11. The van der Waals surface area contributed by atoms with Crippen LogP contribution in [0.4, 0.5) is 0 Å². The van der Waals surface area contributed by atoms with E-state index in [2.05, 4.69) is 19.2 Å². The molecule has 3 heteroatoms. The molecule has 1 saturated heterocycles. The van der Waals surface area contributed by atoms with Crippen molar-refractivity contribution in [3.05, 3.63) is 0 Å². The molecule has 1 heterocycles. The van der Waals surface area contributed by atoms with Crippen LogP contribution in [0.3, 0.4) is 0 Å². The first kappa shape index (κ1) is 12.5. The predicted octanol–water partition coefficient (Wildman–Crippen LogP) is 2.11. The molecule has 3 nitrogen and oxygen atoms in total. The van der Waals surface area contributed by atoms with Gasteiger partial charge in [0.15, 0.2) is 0 Å². The van der Waals surface area contributed by atoms with Crippen LogP contribution in [0.1, 0.15) is 46.5 Å². The lowest BCUT2D eigenvalue weighted by molar-refractivity contribution is -0.126. The highest BCUT2D eigenvalue weighted by molar-refractivity contribution is 5.78. The summed E-state index contributed by atoms with van der Waals surface area (Å²) in [5.74, 6) is 0.344. The maximum Gasteiger partial charge on any atom is 0.223 e. The topological polar surface area (TPSA) is 38.3 Å². The minimum atomic E-state index is 0.153. The van der Waals surface area contributed by atoms with Gasteiger partial charge in [0.1, 0.15) is 0 Å². The number of ether oxygens (including phenoxy) is 1. The van der Waals surface area contributed by atoms with Gasteiger partial charge in [0, 0.05) is 12.5 Å². The monoisotopic (exact) mass is 213 g/mol. The summed E-state index contributed by atoms with van der Waals surface area (Å²) >= 11 is 0. The van der Waals surface area contributed by atoms with E-state index in [1.807, 2.05) is 6.92 Å². The van der Waals surface area contributed by atoms with Crippen molar-refractivity contribution in [3.8, 4) is 0 Å². The van der Waals surface area contributed by atoms with E-state index in [1.165, 1.54) is 0 Å². The van der Waals surface area contributed by atoms with Crippen molar-refractivity contribution in [1.29, 1.82) is 0 Å². The number of hydrogen-bond donors (Lipinski definition) is 1. The second-order valence-corrected chi connectivity index (χ2v) is 4.36. The van der Waals surface area contributed by atoms with Gasteiger partial charge in [-0.05, 0) is 32.6 Å². The van der Waals surface area contributed by atoms with Gasteiger partial charge in [-0.15, -0.1) is 0 Å². The number of carbonyl (C=O) groups excluding carboxylic acids is 1.